The largest absolute Gasteiger partial charge is 0.380 e. The van der Waals surface area contributed by atoms with Crippen LogP contribution in [-0.4, -0.2) is 80.2 Å². The second-order valence-electron chi connectivity index (χ2n) is 7.31. The van der Waals surface area contributed by atoms with Crippen molar-refractivity contribution in [3.63, 3.8) is 0 Å². The maximum atomic E-state index is 13.3. The first kappa shape index (κ1) is 18.5. The molecule has 4 rings (SSSR count). The molecule has 148 valence electrons. The first-order valence-electron chi connectivity index (χ1n) is 9.53. The molecule has 9 nitrogen and oxygen atoms in total. The van der Waals surface area contributed by atoms with Gasteiger partial charge in [-0.25, -0.2) is 4.68 Å². The van der Waals surface area contributed by atoms with Crippen molar-refractivity contribution in [1.82, 2.24) is 30.0 Å². The predicted octanol–water partition coefficient (Wildman–Crippen LogP) is 0.133. The molecular formula is C19H24N6O3. The Hall–Kier alpha value is -2.81. The van der Waals surface area contributed by atoms with Gasteiger partial charge in [-0.05, 0) is 22.4 Å². The van der Waals surface area contributed by atoms with Crippen molar-refractivity contribution in [3.8, 4) is 0 Å². The molecule has 3 heterocycles. The minimum atomic E-state index is -0.490. The van der Waals surface area contributed by atoms with Crippen molar-refractivity contribution in [2.75, 3.05) is 20.2 Å². The number of tetrazole rings is 1. The summed E-state index contributed by atoms with van der Waals surface area (Å²) in [4.78, 5) is 29.9. The molecule has 0 unspecified atom stereocenters. The van der Waals surface area contributed by atoms with Crippen molar-refractivity contribution in [2.45, 2.75) is 44.0 Å². The zero-order valence-corrected chi connectivity index (χ0v) is 15.8. The number of carbonyl (C=O) groups excluding carboxylic acids is 2. The number of ether oxygens (including phenoxy) is 1. The van der Waals surface area contributed by atoms with E-state index < -0.39 is 6.04 Å². The summed E-state index contributed by atoms with van der Waals surface area (Å²) in [5.74, 6) is -0.0410. The van der Waals surface area contributed by atoms with E-state index in [1.54, 1.807) is 12.0 Å². The van der Waals surface area contributed by atoms with Gasteiger partial charge in [0.15, 0.2) is 0 Å². The average Bonchev–Trinajstić information content (AvgIpc) is 3.38. The number of hydrogen-bond acceptors (Lipinski definition) is 6. The third-order valence-electron chi connectivity index (χ3n) is 5.60. The van der Waals surface area contributed by atoms with E-state index in [1.165, 1.54) is 11.0 Å². The van der Waals surface area contributed by atoms with Crippen LogP contribution in [0.5, 0.6) is 0 Å². The molecule has 0 saturated carbocycles. The van der Waals surface area contributed by atoms with Gasteiger partial charge in [-0.1, -0.05) is 30.3 Å². The van der Waals surface area contributed by atoms with Gasteiger partial charge in [0.05, 0.1) is 18.7 Å². The number of hydrogen-bond donors (Lipinski definition) is 0. The number of aryl methyl sites for hydroxylation is 1. The number of carbonyl (C=O) groups is 2. The van der Waals surface area contributed by atoms with Crippen LogP contribution in [-0.2, 0) is 27.3 Å². The summed E-state index contributed by atoms with van der Waals surface area (Å²) in [6.07, 6.45) is 3.04. The standard InChI is InChI=1S/C19H24N6O3/c1-28-16-10-15-11-25(18(26)7-8-23-13-20-21-22-23)17(19(27)24(15)12-16)9-14-5-3-2-4-6-14/h2-6,13,15-17H,7-12H2,1H3/t15-,16-,17-/m0/s1. The van der Waals surface area contributed by atoms with Crippen LogP contribution < -0.4 is 0 Å². The van der Waals surface area contributed by atoms with Crippen LogP contribution in [0, 0.1) is 0 Å². The third kappa shape index (κ3) is 3.75. The minimum absolute atomic E-state index is 0.00965. The summed E-state index contributed by atoms with van der Waals surface area (Å²) in [7, 11) is 1.67. The molecule has 0 aliphatic carbocycles. The highest BCUT2D eigenvalue weighted by Gasteiger charge is 2.46. The van der Waals surface area contributed by atoms with Gasteiger partial charge in [0, 0.05) is 33.0 Å². The van der Waals surface area contributed by atoms with Crippen LogP contribution in [0.2, 0.25) is 0 Å². The summed E-state index contributed by atoms with van der Waals surface area (Å²) in [5.41, 5.74) is 1.04. The molecule has 2 fully saturated rings. The minimum Gasteiger partial charge on any atom is -0.380 e. The van der Waals surface area contributed by atoms with Gasteiger partial charge in [-0.3, -0.25) is 9.59 Å². The van der Waals surface area contributed by atoms with E-state index >= 15 is 0 Å². The second-order valence-corrected chi connectivity index (χ2v) is 7.31. The Morgan fingerprint density at radius 1 is 1.25 bits per heavy atom. The van der Waals surface area contributed by atoms with E-state index in [0.717, 1.165) is 12.0 Å². The zero-order valence-electron chi connectivity index (χ0n) is 15.8. The van der Waals surface area contributed by atoms with E-state index in [-0.39, 0.29) is 30.4 Å². The molecule has 0 spiro atoms. The lowest BCUT2D eigenvalue weighted by Crippen LogP contribution is -2.61. The first-order valence-corrected chi connectivity index (χ1v) is 9.53. The van der Waals surface area contributed by atoms with Gasteiger partial charge >= 0.3 is 0 Å². The van der Waals surface area contributed by atoms with Crippen molar-refractivity contribution < 1.29 is 14.3 Å². The molecule has 2 aliphatic rings. The van der Waals surface area contributed by atoms with Crippen LogP contribution in [0.4, 0.5) is 0 Å². The van der Waals surface area contributed by atoms with Crippen molar-refractivity contribution in [2.24, 2.45) is 0 Å². The monoisotopic (exact) mass is 384 g/mol. The molecule has 2 saturated heterocycles. The maximum Gasteiger partial charge on any atom is 0.246 e. The Kier molecular flexibility index (Phi) is 5.34. The number of piperazine rings is 1. The predicted molar refractivity (Wildman–Crippen MR) is 99.0 cm³/mol. The number of benzene rings is 1. The maximum absolute atomic E-state index is 13.3. The van der Waals surface area contributed by atoms with Crippen molar-refractivity contribution >= 4 is 11.8 Å². The number of fused-ring (bicyclic) bond motifs is 1. The fraction of sp³-hybridized carbons (Fsp3) is 0.526. The topological polar surface area (TPSA) is 93.5 Å². The number of methoxy groups -OCH3 is 1. The molecule has 28 heavy (non-hydrogen) atoms. The molecule has 0 bridgehead atoms. The summed E-state index contributed by atoms with van der Waals surface area (Å²) >= 11 is 0. The molecule has 0 radical (unpaired) electrons. The Morgan fingerprint density at radius 3 is 2.79 bits per heavy atom. The highest BCUT2D eigenvalue weighted by atomic mass is 16.5. The number of rotatable bonds is 6. The van der Waals surface area contributed by atoms with E-state index in [4.69, 9.17) is 4.74 Å². The first-order chi connectivity index (χ1) is 13.7. The fourth-order valence-electron chi connectivity index (χ4n) is 4.11. The van der Waals surface area contributed by atoms with Gasteiger partial charge < -0.3 is 14.5 Å². The SMILES string of the molecule is CO[C@H]1C[C@H]2CN(C(=O)CCn3cnnn3)[C@@H](Cc3ccccc3)C(=O)N2C1. The molecule has 3 atom stereocenters. The van der Waals surface area contributed by atoms with E-state index in [1.807, 2.05) is 35.2 Å². The lowest BCUT2D eigenvalue weighted by atomic mass is 9.98. The Morgan fingerprint density at radius 2 is 2.07 bits per heavy atom. The summed E-state index contributed by atoms with van der Waals surface area (Å²) in [6.45, 7) is 1.53. The molecule has 2 aliphatic heterocycles. The van der Waals surface area contributed by atoms with Crippen molar-refractivity contribution in [3.05, 3.63) is 42.2 Å². The smallest absolute Gasteiger partial charge is 0.246 e. The Labute approximate surface area is 163 Å². The Bertz CT molecular complexity index is 812. The normalized spacial score (nSPS) is 24.5. The van der Waals surface area contributed by atoms with Crippen LogP contribution in [0.1, 0.15) is 18.4 Å². The van der Waals surface area contributed by atoms with Crippen LogP contribution in [0.3, 0.4) is 0 Å². The molecule has 0 N–H and O–H groups in total. The highest BCUT2D eigenvalue weighted by Crippen LogP contribution is 2.29. The van der Waals surface area contributed by atoms with Gasteiger partial charge in [0.25, 0.3) is 0 Å². The number of amides is 2. The fourth-order valence-corrected chi connectivity index (χ4v) is 4.11. The highest BCUT2D eigenvalue weighted by molar-refractivity contribution is 5.89. The lowest BCUT2D eigenvalue weighted by molar-refractivity contribution is -0.153. The Balaban J connectivity index is 1.53. The van der Waals surface area contributed by atoms with Gasteiger partial charge in [0.2, 0.25) is 11.8 Å². The third-order valence-corrected chi connectivity index (χ3v) is 5.60. The van der Waals surface area contributed by atoms with Gasteiger partial charge in [-0.2, -0.15) is 0 Å². The molecule has 9 heteroatoms. The molecule has 2 aromatic rings. The van der Waals surface area contributed by atoms with Crippen LogP contribution in [0.15, 0.2) is 36.7 Å². The van der Waals surface area contributed by atoms with Gasteiger partial charge in [0.1, 0.15) is 12.4 Å². The van der Waals surface area contributed by atoms with Crippen LogP contribution in [0.25, 0.3) is 0 Å². The summed E-state index contributed by atoms with van der Waals surface area (Å²) in [5, 5.41) is 11.0. The van der Waals surface area contributed by atoms with Crippen molar-refractivity contribution in [1.29, 1.82) is 0 Å². The van der Waals surface area contributed by atoms with Crippen LogP contribution >= 0.6 is 0 Å². The molecular weight excluding hydrogens is 360 g/mol. The van der Waals surface area contributed by atoms with E-state index in [9.17, 15) is 9.59 Å². The lowest BCUT2D eigenvalue weighted by Gasteiger charge is -2.43. The second kappa shape index (κ2) is 8.05. The average molecular weight is 384 g/mol. The van der Waals surface area contributed by atoms with E-state index in [0.29, 0.717) is 26.1 Å². The summed E-state index contributed by atoms with van der Waals surface area (Å²) in [6, 6.07) is 9.35. The zero-order chi connectivity index (χ0) is 19.5. The molecule has 1 aromatic carbocycles. The number of aromatic nitrogens is 4. The van der Waals surface area contributed by atoms with E-state index in [2.05, 4.69) is 15.5 Å². The quantitative estimate of drug-likeness (QED) is 0.703. The number of nitrogens with zero attached hydrogens (tertiary/aromatic N) is 6. The summed E-state index contributed by atoms with van der Waals surface area (Å²) < 4.78 is 7.00. The van der Waals surface area contributed by atoms with Gasteiger partial charge in [-0.15, -0.1) is 5.10 Å². The molecule has 1 aromatic heterocycles. The molecule has 2 amide bonds.